The second-order valence-corrected chi connectivity index (χ2v) is 7.87. The molecule has 4 rings (SSSR count). The van der Waals surface area contributed by atoms with Gasteiger partial charge in [-0.25, -0.2) is 9.97 Å². The first-order chi connectivity index (χ1) is 12.5. The molecule has 1 unspecified atom stereocenters. The first-order valence-corrected chi connectivity index (χ1v) is 9.72. The summed E-state index contributed by atoms with van der Waals surface area (Å²) in [4.78, 5) is 10.4. The lowest BCUT2D eigenvalue weighted by Crippen LogP contribution is -2.13. The van der Waals surface area contributed by atoms with E-state index in [-0.39, 0.29) is 6.04 Å². The van der Waals surface area contributed by atoms with Crippen molar-refractivity contribution in [3.8, 4) is 0 Å². The van der Waals surface area contributed by atoms with Gasteiger partial charge in [0, 0.05) is 6.20 Å². The topological polar surface area (TPSA) is 68.0 Å². The standard InChI is InChI=1S/C19H22N6S/c1-11(2)9-14-10-26-19-16(14)17(21-13(4)22-19)20-12(3)18-24-23-15-7-5-6-8-25(15)18/h5-8,10-12H,9H2,1-4H3,(H,20,21,22). The van der Waals surface area contributed by atoms with Crippen LogP contribution in [0.2, 0.25) is 0 Å². The smallest absolute Gasteiger partial charge is 0.160 e. The molecular weight excluding hydrogens is 344 g/mol. The monoisotopic (exact) mass is 366 g/mol. The third-order valence-electron chi connectivity index (χ3n) is 4.33. The Hall–Kier alpha value is -2.54. The van der Waals surface area contributed by atoms with Crippen LogP contribution in [0, 0.1) is 12.8 Å². The van der Waals surface area contributed by atoms with Crippen molar-refractivity contribution >= 4 is 33.0 Å². The van der Waals surface area contributed by atoms with Crippen molar-refractivity contribution in [2.45, 2.75) is 40.2 Å². The van der Waals surface area contributed by atoms with E-state index in [4.69, 9.17) is 4.98 Å². The fraction of sp³-hybridized carbons (Fsp3) is 0.368. The zero-order chi connectivity index (χ0) is 18.3. The Labute approximate surface area is 156 Å². The third kappa shape index (κ3) is 3.03. The van der Waals surface area contributed by atoms with E-state index < -0.39 is 0 Å². The molecule has 0 aliphatic rings. The number of pyridine rings is 1. The largest absolute Gasteiger partial charge is 0.360 e. The highest BCUT2D eigenvalue weighted by atomic mass is 32.1. The number of aryl methyl sites for hydroxylation is 1. The molecule has 1 N–H and O–H groups in total. The number of rotatable bonds is 5. The van der Waals surface area contributed by atoms with Crippen LogP contribution in [0.1, 0.15) is 44.0 Å². The number of nitrogens with zero attached hydrogens (tertiary/aromatic N) is 5. The SMILES string of the molecule is Cc1nc(NC(C)c2nnc3ccccn23)c2c(CC(C)C)csc2n1. The molecule has 1 atom stereocenters. The minimum atomic E-state index is -0.0308. The molecule has 0 fully saturated rings. The second-order valence-electron chi connectivity index (χ2n) is 7.01. The molecule has 0 saturated heterocycles. The lowest BCUT2D eigenvalue weighted by Gasteiger charge is -2.15. The average molecular weight is 366 g/mol. The zero-order valence-electron chi connectivity index (χ0n) is 15.4. The van der Waals surface area contributed by atoms with Gasteiger partial charge in [0.05, 0.1) is 11.4 Å². The molecule has 0 saturated carbocycles. The number of anilines is 1. The molecule has 0 radical (unpaired) electrons. The summed E-state index contributed by atoms with van der Waals surface area (Å²) in [6.45, 7) is 8.48. The molecule has 0 aromatic carbocycles. The van der Waals surface area contributed by atoms with Gasteiger partial charge in [-0.15, -0.1) is 21.5 Å². The van der Waals surface area contributed by atoms with Gasteiger partial charge in [0.15, 0.2) is 11.5 Å². The second kappa shape index (κ2) is 6.64. The molecule has 0 amide bonds. The van der Waals surface area contributed by atoms with Crippen LogP contribution >= 0.6 is 11.3 Å². The van der Waals surface area contributed by atoms with E-state index >= 15 is 0 Å². The van der Waals surface area contributed by atoms with Crippen molar-refractivity contribution in [2.75, 3.05) is 5.32 Å². The maximum Gasteiger partial charge on any atom is 0.160 e. The molecule has 26 heavy (non-hydrogen) atoms. The zero-order valence-corrected chi connectivity index (χ0v) is 16.2. The van der Waals surface area contributed by atoms with E-state index in [9.17, 15) is 0 Å². The summed E-state index contributed by atoms with van der Waals surface area (Å²) in [6, 6.07) is 5.87. The van der Waals surface area contributed by atoms with Crippen LogP contribution in [0.3, 0.4) is 0 Å². The Balaban J connectivity index is 1.75. The Bertz CT molecular complexity index is 1060. The molecule has 4 aromatic rings. The highest BCUT2D eigenvalue weighted by molar-refractivity contribution is 7.17. The van der Waals surface area contributed by atoms with Gasteiger partial charge in [-0.3, -0.25) is 4.40 Å². The van der Waals surface area contributed by atoms with Crippen molar-refractivity contribution in [2.24, 2.45) is 5.92 Å². The van der Waals surface area contributed by atoms with E-state index in [2.05, 4.69) is 46.6 Å². The van der Waals surface area contributed by atoms with Gasteiger partial charge >= 0.3 is 0 Å². The minimum absolute atomic E-state index is 0.0308. The average Bonchev–Trinajstić information content (AvgIpc) is 3.18. The summed E-state index contributed by atoms with van der Waals surface area (Å²) in [6.07, 6.45) is 3.00. The van der Waals surface area contributed by atoms with Crippen LogP contribution < -0.4 is 5.32 Å². The summed E-state index contributed by atoms with van der Waals surface area (Å²) in [5.74, 6) is 3.10. The first-order valence-electron chi connectivity index (χ1n) is 8.84. The van der Waals surface area contributed by atoms with Gasteiger partial charge in [0.25, 0.3) is 0 Å². The predicted molar refractivity (Wildman–Crippen MR) is 106 cm³/mol. The van der Waals surface area contributed by atoms with E-state index in [1.165, 1.54) is 5.56 Å². The molecule has 7 heteroatoms. The number of thiophene rings is 1. The van der Waals surface area contributed by atoms with Crippen molar-refractivity contribution in [1.29, 1.82) is 0 Å². The van der Waals surface area contributed by atoms with Crippen molar-refractivity contribution in [3.63, 3.8) is 0 Å². The van der Waals surface area contributed by atoms with Gasteiger partial charge in [-0.05, 0) is 49.3 Å². The molecule has 6 nitrogen and oxygen atoms in total. The molecule has 134 valence electrons. The quantitative estimate of drug-likeness (QED) is 0.566. The first kappa shape index (κ1) is 16.9. The number of aromatic nitrogens is 5. The lowest BCUT2D eigenvalue weighted by molar-refractivity contribution is 0.651. The third-order valence-corrected chi connectivity index (χ3v) is 5.25. The van der Waals surface area contributed by atoms with Gasteiger partial charge < -0.3 is 5.32 Å². The van der Waals surface area contributed by atoms with Crippen LogP contribution in [0.5, 0.6) is 0 Å². The highest BCUT2D eigenvalue weighted by Gasteiger charge is 2.18. The fourth-order valence-corrected chi connectivity index (χ4v) is 4.23. The van der Waals surface area contributed by atoms with Crippen molar-refractivity contribution in [1.82, 2.24) is 24.6 Å². The Kier molecular flexibility index (Phi) is 4.32. The van der Waals surface area contributed by atoms with E-state index in [1.54, 1.807) is 11.3 Å². The maximum absolute atomic E-state index is 4.70. The summed E-state index contributed by atoms with van der Waals surface area (Å²) in [7, 11) is 0. The molecule has 4 heterocycles. The Morgan fingerprint density at radius 2 is 2.00 bits per heavy atom. The van der Waals surface area contributed by atoms with Crippen LogP contribution in [0.15, 0.2) is 29.8 Å². The number of nitrogens with one attached hydrogen (secondary N) is 1. The van der Waals surface area contributed by atoms with Gasteiger partial charge in [0.1, 0.15) is 16.5 Å². The van der Waals surface area contributed by atoms with Gasteiger partial charge in [-0.1, -0.05) is 19.9 Å². The summed E-state index contributed by atoms with van der Waals surface area (Å²) in [5, 5.41) is 15.5. The van der Waals surface area contributed by atoms with E-state index in [1.807, 2.05) is 35.7 Å². The molecule has 4 aromatic heterocycles. The molecule has 0 bridgehead atoms. The Morgan fingerprint density at radius 1 is 1.15 bits per heavy atom. The summed E-state index contributed by atoms with van der Waals surface area (Å²) in [5.41, 5.74) is 2.15. The molecule has 0 aliphatic carbocycles. The van der Waals surface area contributed by atoms with Crippen LogP contribution in [-0.2, 0) is 6.42 Å². The van der Waals surface area contributed by atoms with Gasteiger partial charge in [-0.2, -0.15) is 0 Å². The van der Waals surface area contributed by atoms with E-state index in [0.717, 1.165) is 39.8 Å². The maximum atomic E-state index is 4.70. The number of hydrogen-bond donors (Lipinski definition) is 1. The van der Waals surface area contributed by atoms with Crippen LogP contribution in [0.4, 0.5) is 5.82 Å². The van der Waals surface area contributed by atoms with Crippen LogP contribution in [0.25, 0.3) is 15.9 Å². The molecular formula is C19H22N6S. The highest BCUT2D eigenvalue weighted by Crippen LogP contribution is 2.33. The lowest BCUT2D eigenvalue weighted by atomic mass is 10.0. The summed E-state index contributed by atoms with van der Waals surface area (Å²) < 4.78 is 2.01. The van der Waals surface area contributed by atoms with E-state index in [0.29, 0.717) is 5.92 Å². The minimum Gasteiger partial charge on any atom is -0.360 e. The van der Waals surface area contributed by atoms with Gasteiger partial charge in [0.2, 0.25) is 0 Å². The number of fused-ring (bicyclic) bond motifs is 2. The summed E-state index contributed by atoms with van der Waals surface area (Å²) >= 11 is 1.69. The van der Waals surface area contributed by atoms with Crippen molar-refractivity contribution in [3.05, 3.63) is 47.0 Å². The number of hydrogen-bond acceptors (Lipinski definition) is 6. The normalized spacial score (nSPS) is 13.0. The Morgan fingerprint density at radius 3 is 2.81 bits per heavy atom. The van der Waals surface area contributed by atoms with Crippen LogP contribution in [-0.4, -0.2) is 24.6 Å². The predicted octanol–water partition coefficient (Wildman–Crippen LogP) is 4.41. The molecule has 0 spiro atoms. The molecule has 0 aliphatic heterocycles. The van der Waals surface area contributed by atoms with Crippen molar-refractivity contribution < 1.29 is 0 Å². The fourth-order valence-electron chi connectivity index (χ4n) is 3.23.